The summed E-state index contributed by atoms with van der Waals surface area (Å²) < 4.78 is 22.6. The van der Waals surface area contributed by atoms with Crippen molar-refractivity contribution in [2.75, 3.05) is 46.6 Å². The molecule has 0 aliphatic carbocycles. The van der Waals surface area contributed by atoms with E-state index in [0.29, 0.717) is 24.4 Å². The van der Waals surface area contributed by atoms with Crippen LogP contribution in [0.25, 0.3) is 11.3 Å². The third-order valence-electron chi connectivity index (χ3n) is 6.05. The number of carbonyl (C=O) groups excluding carboxylic acids is 3. The minimum absolute atomic E-state index is 0. The first kappa shape index (κ1) is 35.7. The second kappa shape index (κ2) is 18.2. The van der Waals surface area contributed by atoms with Crippen LogP contribution in [0, 0.1) is 0 Å². The Labute approximate surface area is 263 Å². The molecule has 1 aliphatic heterocycles. The van der Waals surface area contributed by atoms with E-state index in [9.17, 15) is 34.8 Å². The molecule has 5 atom stereocenters. The first-order valence-electron chi connectivity index (χ1n) is 12.9. The van der Waals surface area contributed by atoms with Gasteiger partial charge in [-0.25, -0.2) is 4.68 Å². The summed E-state index contributed by atoms with van der Waals surface area (Å²) in [5, 5.41) is 53.6. The van der Waals surface area contributed by atoms with Crippen molar-refractivity contribution in [1.82, 2.24) is 25.6 Å². The van der Waals surface area contributed by atoms with E-state index in [1.54, 1.807) is 35.1 Å². The van der Waals surface area contributed by atoms with Crippen LogP contribution in [0.1, 0.15) is 16.8 Å². The van der Waals surface area contributed by atoms with Crippen LogP contribution in [0.4, 0.5) is 0 Å². The SMILES string of the molecule is CNC(=O)CCNC(=O)c1ccc(-c2cn(CCOCCOCCOC3O[C@H](C(=O)[O-])[C@@H](O)[C@H](O)[C@H]3O)nn2)cc1.[Na+]. The predicted octanol–water partition coefficient (Wildman–Crippen LogP) is -6.58. The molecule has 2 aromatic rings. The second-order valence-corrected chi connectivity index (χ2v) is 8.93. The van der Waals surface area contributed by atoms with Gasteiger partial charge >= 0.3 is 29.6 Å². The molecule has 0 saturated carbocycles. The maximum atomic E-state index is 12.2. The standard InChI is InChI=1S/C25H35N5O11.Na/c1-26-18(31)6-7-27-23(35)16-4-2-15(3-5-16)17-14-30(29-28-17)8-9-38-10-11-39-12-13-40-25-21(34)19(32)20(33)22(41-25)24(36)37;/h2-5,14,19-22,25,32-34H,6-13H2,1H3,(H,26,31)(H,27,35)(H,36,37);/q;+1/p-1/t19-,20-,21+,22-,25?;/m0./s1. The zero-order chi connectivity index (χ0) is 29.8. The number of hydrogen-bond acceptors (Lipinski definition) is 13. The van der Waals surface area contributed by atoms with Crippen molar-refractivity contribution in [3.05, 3.63) is 36.0 Å². The maximum absolute atomic E-state index is 12.2. The van der Waals surface area contributed by atoms with Gasteiger partial charge in [0.25, 0.3) is 5.91 Å². The normalized spacial score (nSPS) is 21.8. The minimum atomic E-state index is -1.84. The van der Waals surface area contributed by atoms with Crippen LogP contribution in [-0.4, -0.2) is 125 Å². The third kappa shape index (κ3) is 10.6. The Morgan fingerprint density at radius 2 is 1.67 bits per heavy atom. The predicted molar refractivity (Wildman–Crippen MR) is 136 cm³/mol. The molecule has 0 spiro atoms. The number of carboxylic acids is 1. The molecule has 1 aromatic heterocycles. The summed E-state index contributed by atoms with van der Waals surface area (Å²) >= 11 is 0. The molecule has 1 aromatic carbocycles. The van der Waals surface area contributed by atoms with Crippen LogP contribution in [-0.2, 0) is 35.1 Å². The van der Waals surface area contributed by atoms with Gasteiger partial charge in [0.1, 0.15) is 30.1 Å². The fraction of sp³-hybridized carbons (Fsp3) is 0.560. The summed E-state index contributed by atoms with van der Waals surface area (Å²) in [7, 11) is 1.54. The Balaban J connectivity index is 0.00000616. The number of benzene rings is 1. The van der Waals surface area contributed by atoms with Crippen molar-refractivity contribution < 1.29 is 83.3 Å². The van der Waals surface area contributed by atoms with Gasteiger partial charge in [-0.05, 0) is 12.1 Å². The molecule has 5 N–H and O–H groups in total. The zero-order valence-electron chi connectivity index (χ0n) is 23.4. The molecule has 1 saturated heterocycles. The monoisotopic (exact) mass is 603 g/mol. The molecule has 2 amide bonds. The Morgan fingerprint density at radius 1 is 1.00 bits per heavy atom. The number of ether oxygens (including phenoxy) is 4. The average Bonchev–Trinajstić information content (AvgIpc) is 3.44. The van der Waals surface area contributed by atoms with Crippen LogP contribution in [0.2, 0.25) is 0 Å². The average molecular weight is 604 g/mol. The summed E-state index contributed by atoms with van der Waals surface area (Å²) in [5.74, 6) is -2.16. The molecule has 1 fully saturated rings. The van der Waals surface area contributed by atoms with Crippen molar-refractivity contribution in [3.63, 3.8) is 0 Å². The van der Waals surface area contributed by atoms with Crippen LogP contribution < -0.4 is 45.3 Å². The van der Waals surface area contributed by atoms with Crippen molar-refractivity contribution >= 4 is 17.8 Å². The summed E-state index contributed by atoms with van der Waals surface area (Å²) in [6, 6.07) is 6.85. The largest absolute Gasteiger partial charge is 1.00 e. The topological polar surface area (TPSA) is 227 Å². The fourth-order valence-electron chi connectivity index (χ4n) is 3.73. The minimum Gasteiger partial charge on any atom is -0.547 e. The van der Waals surface area contributed by atoms with Crippen molar-refractivity contribution in [1.29, 1.82) is 0 Å². The first-order chi connectivity index (χ1) is 19.7. The van der Waals surface area contributed by atoms with Gasteiger partial charge < -0.3 is 54.8 Å². The van der Waals surface area contributed by atoms with E-state index < -0.39 is 36.7 Å². The van der Waals surface area contributed by atoms with Gasteiger partial charge in [0.2, 0.25) is 5.91 Å². The van der Waals surface area contributed by atoms with Gasteiger partial charge in [-0.1, -0.05) is 17.3 Å². The summed E-state index contributed by atoms with van der Waals surface area (Å²) in [6.45, 7) is 1.52. The summed E-state index contributed by atoms with van der Waals surface area (Å²) in [6.07, 6.45) is -6.59. The zero-order valence-corrected chi connectivity index (χ0v) is 25.4. The molecule has 1 aliphatic rings. The Bertz CT molecular complexity index is 1140. The van der Waals surface area contributed by atoms with E-state index in [-0.39, 0.29) is 80.8 Å². The van der Waals surface area contributed by atoms with E-state index in [2.05, 4.69) is 20.9 Å². The van der Waals surface area contributed by atoms with E-state index >= 15 is 0 Å². The van der Waals surface area contributed by atoms with Crippen molar-refractivity contribution in [2.24, 2.45) is 0 Å². The number of carboxylic acid groups (broad SMARTS) is 1. The van der Waals surface area contributed by atoms with Crippen molar-refractivity contribution in [3.8, 4) is 11.3 Å². The van der Waals surface area contributed by atoms with Gasteiger partial charge in [-0.2, -0.15) is 0 Å². The molecular formula is C25H34N5NaO11. The van der Waals surface area contributed by atoms with E-state index in [4.69, 9.17) is 18.9 Å². The number of aliphatic hydroxyl groups excluding tert-OH is 3. The Kier molecular flexibility index (Phi) is 15.5. The quantitative estimate of drug-likeness (QED) is 0.0890. The number of nitrogens with one attached hydrogen (secondary N) is 2. The number of amides is 2. The Morgan fingerprint density at radius 3 is 2.33 bits per heavy atom. The van der Waals surface area contributed by atoms with Crippen LogP contribution in [0.15, 0.2) is 30.5 Å². The second-order valence-electron chi connectivity index (χ2n) is 8.93. The molecule has 1 unspecified atom stereocenters. The number of aliphatic carboxylic acids is 1. The fourth-order valence-corrected chi connectivity index (χ4v) is 3.73. The van der Waals surface area contributed by atoms with Gasteiger partial charge in [0.15, 0.2) is 6.29 Å². The summed E-state index contributed by atoms with van der Waals surface area (Å²) in [5.41, 5.74) is 1.87. The number of aliphatic hydroxyl groups is 3. The Hall–Kier alpha value is -2.51. The molecule has 0 radical (unpaired) electrons. The van der Waals surface area contributed by atoms with Gasteiger partial charge in [-0.3, -0.25) is 9.59 Å². The molecule has 17 heteroatoms. The van der Waals surface area contributed by atoms with E-state index in [1.807, 2.05) is 0 Å². The van der Waals surface area contributed by atoms with Gasteiger partial charge in [0.05, 0.1) is 51.7 Å². The molecule has 3 rings (SSSR count). The number of rotatable bonds is 16. The smallest absolute Gasteiger partial charge is 0.547 e. The molecular weight excluding hydrogens is 569 g/mol. The summed E-state index contributed by atoms with van der Waals surface area (Å²) in [4.78, 5) is 34.4. The number of hydrogen-bond donors (Lipinski definition) is 5. The van der Waals surface area contributed by atoms with Crippen molar-refractivity contribution in [2.45, 2.75) is 43.7 Å². The first-order valence-corrected chi connectivity index (χ1v) is 12.9. The number of aromatic nitrogens is 3. The van der Waals surface area contributed by atoms with Crippen LogP contribution in [0.5, 0.6) is 0 Å². The third-order valence-corrected chi connectivity index (χ3v) is 6.05. The van der Waals surface area contributed by atoms with Crippen LogP contribution >= 0.6 is 0 Å². The molecule has 42 heavy (non-hydrogen) atoms. The van der Waals surface area contributed by atoms with Crippen LogP contribution in [0.3, 0.4) is 0 Å². The van der Waals surface area contributed by atoms with Gasteiger partial charge in [-0.15, -0.1) is 5.10 Å². The number of carbonyl (C=O) groups is 3. The molecule has 226 valence electrons. The number of nitrogens with zero attached hydrogens (tertiary/aromatic N) is 3. The molecule has 16 nitrogen and oxygen atoms in total. The molecule has 2 heterocycles. The van der Waals surface area contributed by atoms with E-state index in [0.717, 1.165) is 5.56 Å². The van der Waals surface area contributed by atoms with Gasteiger partial charge in [0, 0.05) is 31.1 Å². The molecule has 0 bridgehead atoms. The maximum Gasteiger partial charge on any atom is 1.00 e. The van der Waals surface area contributed by atoms with E-state index in [1.165, 1.54) is 7.05 Å².